The Morgan fingerprint density at radius 2 is 1.91 bits per heavy atom. The number of nitrogens with zero attached hydrogens (tertiary/aromatic N) is 3. The average molecular weight is 460 g/mol. The fraction of sp³-hybridized carbons (Fsp3) is 0.682. The second-order valence-corrected chi connectivity index (χ2v) is 9.43. The fourth-order valence-electron chi connectivity index (χ4n) is 3.66. The topological polar surface area (TPSA) is 71.8 Å². The zero-order valence-corrected chi connectivity index (χ0v) is 19.2. The number of alkyl halides is 3. The van der Waals surface area contributed by atoms with Crippen LogP contribution in [0.1, 0.15) is 53.0 Å². The lowest BCUT2D eigenvalue weighted by atomic mass is 9.97. The van der Waals surface area contributed by atoms with Crippen LogP contribution in [0, 0.1) is 5.92 Å². The maximum atomic E-state index is 13.0. The molecule has 0 aliphatic carbocycles. The summed E-state index contributed by atoms with van der Waals surface area (Å²) in [5.74, 6) is -0.426. The highest BCUT2D eigenvalue weighted by atomic mass is 19.4. The molecule has 0 radical (unpaired) electrons. The van der Waals surface area contributed by atoms with E-state index >= 15 is 0 Å². The van der Waals surface area contributed by atoms with E-state index in [9.17, 15) is 27.6 Å². The number of pyridine rings is 1. The van der Waals surface area contributed by atoms with E-state index in [1.165, 1.54) is 6.20 Å². The molecule has 2 heterocycles. The van der Waals surface area contributed by atoms with E-state index in [1.54, 1.807) is 30.6 Å². The van der Waals surface area contributed by atoms with Crippen molar-refractivity contribution in [1.29, 1.82) is 0 Å². The molecule has 1 aromatic heterocycles. The number of carbonyl (C=O) groups excluding carboxylic acids is 2. The Morgan fingerprint density at radius 3 is 2.47 bits per heavy atom. The Morgan fingerprint density at radius 1 is 1.25 bits per heavy atom. The summed E-state index contributed by atoms with van der Waals surface area (Å²) < 4.78 is 45.2. The summed E-state index contributed by atoms with van der Waals surface area (Å²) >= 11 is 0. The molecular weight excluding hydrogens is 427 g/mol. The summed E-state index contributed by atoms with van der Waals surface area (Å²) in [7, 11) is 0. The van der Waals surface area contributed by atoms with Gasteiger partial charge in [-0.2, -0.15) is 13.2 Å². The van der Waals surface area contributed by atoms with E-state index in [0.717, 1.165) is 17.1 Å². The quantitative estimate of drug-likeness (QED) is 0.672. The Bertz CT molecular complexity index is 874. The SMILES string of the molecule is CC(C)N(CC1CCCN(C(=O)Cn2cccc(C(F)(F)F)c2=O)C1)C(=O)OC(C)(C)C. The summed E-state index contributed by atoms with van der Waals surface area (Å²) in [6.45, 7) is 9.90. The molecule has 1 aliphatic rings. The van der Waals surface area contributed by atoms with Gasteiger partial charge in [0.05, 0.1) is 0 Å². The third-order valence-electron chi connectivity index (χ3n) is 5.21. The van der Waals surface area contributed by atoms with Crippen LogP contribution in [0.5, 0.6) is 0 Å². The van der Waals surface area contributed by atoms with Crippen molar-refractivity contribution in [3.05, 3.63) is 34.2 Å². The number of aromatic nitrogens is 1. The van der Waals surface area contributed by atoms with Gasteiger partial charge in [0.25, 0.3) is 5.56 Å². The molecule has 1 aromatic rings. The monoisotopic (exact) mass is 459 g/mol. The third-order valence-corrected chi connectivity index (χ3v) is 5.21. The van der Waals surface area contributed by atoms with E-state index in [0.29, 0.717) is 32.1 Å². The molecule has 0 bridgehead atoms. The first kappa shape index (κ1) is 25.7. The van der Waals surface area contributed by atoms with Gasteiger partial charge < -0.3 is 19.1 Å². The molecule has 1 unspecified atom stereocenters. The molecule has 2 amide bonds. The van der Waals surface area contributed by atoms with E-state index < -0.39 is 41.4 Å². The van der Waals surface area contributed by atoms with Crippen molar-refractivity contribution in [3.63, 3.8) is 0 Å². The van der Waals surface area contributed by atoms with Crippen LogP contribution in [-0.2, 0) is 22.3 Å². The van der Waals surface area contributed by atoms with Crippen LogP contribution < -0.4 is 5.56 Å². The molecule has 180 valence electrons. The molecule has 1 atom stereocenters. The maximum absolute atomic E-state index is 13.0. The number of amides is 2. The van der Waals surface area contributed by atoms with Crippen molar-refractivity contribution in [2.45, 2.75) is 71.8 Å². The predicted molar refractivity (Wildman–Crippen MR) is 113 cm³/mol. The summed E-state index contributed by atoms with van der Waals surface area (Å²) in [6, 6.07) is 1.72. The minimum absolute atomic E-state index is 0.000787. The largest absolute Gasteiger partial charge is 0.444 e. The van der Waals surface area contributed by atoms with Gasteiger partial charge in [-0.25, -0.2) is 4.79 Å². The average Bonchev–Trinajstić information content (AvgIpc) is 2.65. The first-order valence-electron chi connectivity index (χ1n) is 10.7. The summed E-state index contributed by atoms with van der Waals surface area (Å²) in [6.07, 6.45) is -2.51. The Kier molecular flexibility index (Phi) is 8.01. The molecule has 0 saturated carbocycles. The Hall–Kier alpha value is -2.52. The maximum Gasteiger partial charge on any atom is 0.421 e. The molecule has 0 aromatic carbocycles. The molecule has 2 rings (SSSR count). The van der Waals surface area contributed by atoms with Gasteiger partial charge in [0.2, 0.25) is 5.91 Å². The van der Waals surface area contributed by atoms with Crippen LogP contribution in [0.25, 0.3) is 0 Å². The Labute approximate surface area is 186 Å². The molecule has 0 N–H and O–H groups in total. The van der Waals surface area contributed by atoms with Crippen molar-refractivity contribution in [1.82, 2.24) is 14.4 Å². The number of hydrogen-bond acceptors (Lipinski definition) is 4. The first-order valence-corrected chi connectivity index (χ1v) is 10.7. The van der Waals surface area contributed by atoms with E-state index in [1.807, 2.05) is 13.8 Å². The summed E-state index contributed by atoms with van der Waals surface area (Å²) in [5.41, 5.74) is -3.16. The van der Waals surface area contributed by atoms with Crippen LogP contribution in [-0.4, -0.2) is 57.6 Å². The number of halogens is 3. The van der Waals surface area contributed by atoms with Gasteiger partial charge in [-0.05, 0) is 65.5 Å². The lowest BCUT2D eigenvalue weighted by Crippen LogP contribution is -2.49. The predicted octanol–water partition coefficient (Wildman–Crippen LogP) is 3.75. The van der Waals surface area contributed by atoms with E-state index in [2.05, 4.69) is 0 Å². The minimum Gasteiger partial charge on any atom is -0.444 e. The third kappa shape index (κ3) is 7.00. The molecule has 10 heteroatoms. The van der Waals surface area contributed by atoms with Crippen LogP contribution in [0.3, 0.4) is 0 Å². The molecule has 1 fully saturated rings. The lowest BCUT2D eigenvalue weighted by molar-refractivity contribution is -0.140. The zero-order chi connectivity index (χ0) is 24.3. The second kappa shape index (κ2) is 9.95. The highest BCUT2D eigenvalue weighted by Crippen LogP contribution is 2.26. The molecular formula is C22H32F3N3O4. The van der Waals surface area contributed by atoms with Crippen molar-refractivity contribution >= 4 is 12.0 Å². The summed E-state index contributed by atoms with van der Waals surface area (Å²) in [5, 5.41) is 0. The number of rotatable bonds is 5. The van der Waals surface area contributed by atoms with Crippen LogP contribution in [0.15, 0.2) is 23.1 Å². The molecule has 1 aliphatic heterocycles. The number of hydrogen-bond donors (Lipinski definition) is 0. The van der Waals surface area contributed by atoms with Gasteiger partial charge in [0.1, 0.15) is 17.7 Å². The zero-order valence-electron chi connectivity index (χ0n) is 19.2. The minimum atomic E-state index is -4.78. The second-order valence-electron chi connectivity index (χ2n) is 9.43. The van der Waals surface area contributed by atoms with Crippen LogP contribution >= 0.6 is 0 Å². The molecule has 0 spiro atoms. The normalized spacial score (nSPS) is 17.4. The number of ether oxygens (including phenoxy) is 1. The van der Waals surface area contributed by atoms with Gasteiger partial charge in [-0.3, -0.25) is 9.59 Å². The van der Waals surface area contributed by atoms with Gasteiger partial charge in [0, 0.05) is 31.9 Å². The van der Waals surface area contributed by atoms with E-state index in [-0.39, 0.29) is 12.0 Å². The summed E-state index contributed by atoms with van der Waals surface area (Å²) in [4.78, 5) is 40.6. The van der Waals surface area contributed by atoms with Crippen molar-refractivity contribution < 1.29 is 27.5 Å². The van der Waals surface area contributed by atoms with Gasteiger partial charge in [-0.1, -0.05) is 0 Å². The highest BCUT2D eigenvalue weighted by Gasteiger charge is 2.35. The van der Waals surface area contributed by atoms with Gasteiger partial charge in [0.15, 0.2) is 0 Å². The lowest BCUT2D eigenvalue weighted by Gasteiger charge is -2.37. The highest BCUT2D eigenvalue weighted by molar-refractivity contribution is 5.76. The van der Waals surface area contributed by atoms with Gasteiger partial charge in [-0.15, -0.1) is 0 Å². The van der Waals surface area contributed by atoms with Crippen molar-refractivity contribution in [3.8, 4) is 0 Å². The number of likely N-dealkylation sites (tertiary alicyclic amines) is 1. The van der Waals surface area contributed by atoms with Gasteiger partial charge >= 0.3 is 12.3 Å². The van der Waals surface area contributed by atoms with Crippen LogP contribution in [0.2, 0.25) is 0 Å². The van der Waals surface area contributed by atoms with E-state index in [4.69, 9.17) is 4.74 Å². The van der Waals surface area contributed by atoms with Crippen LogP contribution in [0.4, 0.5) is 18.0 Å². The number of carbonyl (C=O) groups is 2. The smallest absolute Gasteiger partial charge is 0.421 e. The fourth-order valence-corrected chi connectivity index (χ4v) is 3.66. The Balaban J connectivity index is 2.07. The standard InChI is InChI=1S/C22H32F3N3O4/c1-15(2)28(20(31)32-21(3,4)5)13-16-8-6-10-26(12-16)18(29)14-27-11-7-9-17(19(27)30)22(23,24)25/h7,9,11,15-16H,6,8,10,12-14H2,1-5H3. The van der Waals surface area contributed by atoms with Crippen molar-refractivity contribution in [2.75, 3.05) is 19.6 Å². The molecule has 1 saturated heterocycles. The number of piperidine rings is 1. The molecule has 7 nitrogen and oxygen atoms in total. The molecule has 32 heavy (non-hydrogen) atoms. The first-order chi connectivity index (χ1) is 14.7. The van der Waals surface area contributed by atoms with Crippen molar-refractivity contribution in [2.24, 2.45) is 5.92 Å².